The number of carbonyl (C=O) groups is 1. The molecule has 13 heteroatoms. The van der Waals surface area contributed by atoms with E-state index in [0.717, 1.165) is 68.8 Å². The number of hydrogen-bond acceptors (Lipinski definition) is 9. The summed E-state index contributed by atoms with van der Waals surface area (Å²) in [5.74, 6) is -1.75. The van der Waals surface area contributed by atoms with E-state index in [0.29, 0.717) is 5.56 Å². The van der Waals surface area contributed by atoms with Crippen molar-refractivity contribution >= 4 is 26.6 Å². The zero-order valence-electron chi connectivity index (χ0n) is 21.2. The number of ether oxygens (including phenoxy) is 1. The van der Waals surface area contributed by atoms with Crippen LogP contribution < -0.4 is 11.0 Å². The van der Waals surface area contributed by atoms with Gasteiger partial charge in [0.25, 0.3) is 11.5 Å². The van der Waals surface area contributed by atoms with Gasteiger partial charge in [0.1, 0.15) is 11.3 Å². The molecule has 2 aromatic carbocycles. The lowest BCUT2D eigenvalue weighted by atomic mass is 10.0. The van der Waals surface area contributed by atoms with Crippen molar-refractivity contribution in [3.63, 3.8) is 0 Å². The van der Waals surface area contributed by atoms with Crippen LogP contribution in [0, 0.1) is 5.82 Å². The van der Waals surface area contributed by atoms with Crippen molar-refractivity contribution in [2.75, 3.05) is 39.1 Å². The first-order valence-electron chi connectivity index (χ1n) is 12.1. The molecule has 3 aromatic rings. The van der Waals surface area contributed by atoms with Crippen LogP contribution in [0.5, 0.6) is 0 Å². The van der Waals surface area contributed by atoms with Crippen molar-refractivity contribution in [1.29, 1.82) is 0 Å². The van der Waals surface area contributed by atoms with Gasteiger partial charge in [-0.2, -0.15) is 0 Å². The summed E-state index contributed by atoms with van der Waals surface area (Å²) < 4.78 is 43.7. The van der Waals surface area contributed by atoms with E-state index in [1.165, 1.54) is 11.5 Å². The Hall–Kier alpha value is -3.26. The summed E-state index contributed by atoms with van der Waals surface area (Å²) in [4.78, 5) is 27.3. The molecule has 1 amide bonds. The van der Waals surface area contributed by atoms with Gasteiger partial charge >= 0.3 is 0 Å². The van der Waals surface area contributed by atoms with E-state index < -0.39 is 31.9 Å². The predicted molar refractivity (Wildman–Crippen MR) is 138 cm³/mol. The maximum atomic E-state index is 15.1. The number of carbonyl (C=O) groups excluding carboxylic acids is 1. The maximum absolute atomic E-state index is 15.1. The number of morpholine rings is 1. The van der Waals surface area contributed by atoms with E-state index in [9.17, 15) is 18.0 Å². The molecule has 0 radical (unpaired) electrons. The molecule has 11 nitrogen and oxygen atoms in total. The van der Waals surface area contributed by atoms with Crippen LogP contribution in [0.1, 0.15) is 18.9 Å². The Balaban J connectivity index is 1.54. The number of sulfone groups is 1. The number of fused-ring (bicyclic) bond motifs is 1. The number of halogens is 1. The minimum atomic E-state index is -3.96. The van der Waals surface area contributed by atoms with E-state index in [-0.39, 0.29) is 29.4 Å². The SMILES string of the molecule is C[C@@](CCn1nnc2cc(-c3ccc(CCN4CCOCC4)cc3)c(F)cc2c1=O)(C(=O)NO)S(C)(=O)=O. The zero-order valence-corrected chi connectivity index (χ0v) is 22.0. The van der Waals surface area contributed by atoms with Crippen molar-refractivity contribution in [2.45, 2.75) is 31.1 Å². The zero-order chi connectivity index (χ0) is 27.5. The van der Waals surface area contributed by atoms with Crippen molar-refractivity contribution in [3.05, 3.63) is 58.1 Å². The highest BCUT2D eigenvalue weighted by molar-refractivity contribution is 7.92. The van der Waals surface area contributed by atoms with Crippen LogP contribution in [0.15, 0.2) is 41.2 Å². The molecule has 0 aliphatic carbocycles. The van der Waals surface area contributed by atoms with Crippen LogP contribution in [-0.4, -0.2) is 83.3 Å². The minimum Gasteiger partial charge on any atom is -0.379 e. The number of aromatic nitrogens is 3. The third-order valence-electron chi connectivity index (χ3n) is 7.10. The molecule has 0 saturated carbocycles. The first-order chi connectivity index (χ1) is 18.0. The Kier molecular flexibility index (Phi) is 8.21. The molecule has 1 aliphatic rings. The Bertz CT molecular complexity index is 1490. The normalized spacial score (nSPS) is 16.3. The summed E-state index contributed by atoms with van der Waals surface area (Å²) in [6.07, 6.45) is 1.35. The molecule has 2 heterocycles. The molecule has 0 spiro atoms. The standard InChI is InChI=1S/C25H30FN5O6S/c1-25(24(33)28-34,38(2,35)36)8-10-31-23(32)20-15-21(26)19(16-22(20)27-29-31)18-5-3-17(4-6-18)7-9-30-11-13-37-14-12-30/h3-6,15-16,34H,7-14H2,1-2H3,(H,28,33)/t25-/m1/s1. The van der Waals surface area contributed by atoms with Crippen molar-refractivity contribution < 1.29 is 27.5 Å². The lowest BCUT2D eigenvalue weighted by molar-refractivity contribution is -0.131. The minimum absolute atomic E-state index is 0.0314. The van der Waals surface area contributed by atoms with Gasteiger partial charge in [-0.05, 0) is 43.0 Å². The predicted octanol–water partition coefficient (Wildman–Crippen LogP) is 1.17. The second-order valence-electron chi connectivity index (χ2n) is 9.56. The van der Waals surface area contributed by atoms with Crippen LogP contribution in [0.2, 0.25) is 0 Å². The molecule has 4 rings (SSSR count). The molecular formula is C25H30FN5O6S. The summed E-state index contributed by atoms with van der Waals surface area (Å²) in [5.41, 5.74) is 2.87. The molecular weight excluding hydrogens is 517 g/mol. The van der Waals surface area contributed by atoms with E-state index in [1.807, 2.05) is 24.3 Å². The Morgan fingerprint density at radius 1 is 1.18 bits per heavy atom. The molecule has 2 N–H and O–H groups in total. The fourth-order valence-corrected chi connectivity index (χ4v) is 5.18. The first kappa shape index (κ1) is 27.8. The van der Waals surface area contributed by atoms with Crippen LogP contribution in [0.4, 0.5) is 4.39 Å². The number of amides is 1. The number of rotatable bonds is 9. The second kappa shape index (κ2) is 11.2. The maximum Gasteiger partial charge on any atom is 0.277 e. The van der Waals surface area contributed by atoms with Gasteiger partial charge in [-0.1, -0.05) is 29.5 Å². The van der Waals surface area contributed by atoms with Crippen LogP contribution in [0.3, 0.4) is 0 Å². The largest absolute Gasteiger partial charge is 0.379 e. The number of benzene rings is 2. The van der Waals surface area contributed by atoms with Gasteiger partial charge in [0, 0.05) is 38.0 Å². The molecule has 0 bridgehead atoms. The fourth-order valence-electron chi connectivity index (χ4n) is 4.33. The Labute approximate surface area is 219 Å². The number of hydrogen-bond donors (Lipinski definition) is 2. The third kappa shape index (κ3) is 5.75. The highest BCUT2D eigenvalue weighted by Crippen LogP contribution is 2.27. The Morgan fingerprint density at radius 2 is 1.87 bits per heavy atom. The molecule has 1 aromatic heterocycles. The van der Waals surface area contributed by atoms with Gasteiger partial charge in [0.15, 0.2) is 14.6 Å². The monoisotopic (exact) mass is 547 g/mol. The van der Waals surface area contributed by atoms with Gasteiger partial charge < -0.3 is 4.74 Å². The lowest BCUT2D eigenvalue weighted by Gasteiger charge is -2.26. The smallest absolute Gasteiger partial charge is 0.277 e. The first-order valence-corrected chi connectivity index (χ1v) is 14.0. The number of aryl methyl sites for hydroxylation is 1. The quantitative estimate of drug-likeness (QED) is 0.298. The third-order valence-corrected chi connectivity index (χ3v) is 9.12. The summed E-state index contributed by atoms with van der Waals surface area (Å²) in [6, 6.07) is 10.1. The molecule has 1 aliphatic heterocycles. The number of hydroxylamine groups is 1. The highest BCUT2D eigenvalue weighted by Gasteiger charge is 2.43. The highest BCUT2D eigenvalue weighted by atomic mass is 32.2. The van der Waals surface area contributed by atoms with E-state index in [4.69, 9.17) is 9.94 Å². The Morgan fingerprint density at radius 3 is 2.50 bits per heavy atom. The fraction of sp³-hybridized carbons (Fsp3) is 0.440. The van der Waals surface area contributed by atoms with E-state index >= 15 is 4.39 Å². The topological polar surface area (TPSA) is 144 Å². The second-order valence-corrected chi connectivity index (χ2v) is 12.0. The number of nitrogens with zero attached hydrogens (tertiary/aromatic N) is 4. The van der Waals surface area contributed by atoms with Crippen molar-refractivity contribution in [2.24, 2.45) is 0 Å². The van der Waals surface area contributed by atoms with Crippen LogP contribution in [-0.2, 0) is 32.3 Å². The van der Waals surface area contributed by atoms with Gasteiger partial charge in [-0.3, -0.25) is 19.7 Å². The molecule has 1 atom stereocenters. The molecule has 0 unspecified atom stereocenters. The summed E-state index contributed by atoms with van der Waals surface area (Å²) in [5, 5.41) is 16.8. The molecule has 1 fully saturated rings. The summed E-state index contributed by atoms with van der Waals surface area (Å²) >= 11 is 0. The van der Waals surface area contributed by atoms with Crippen LogP contribution in [0.25, 0.3) is 22.0 Å². The van der Waals surface area contributed by atoms with Gasteiger partial charge in [-0.15, -0.1) is 5.10 Å². The van der Waals surface area contributed by atoms with Gasteiger partial charge in [0.2, 0.25) is 0 Å². The number of nitrogens with one attached hydrogen (secondary N) is 1. The average molecular weight is 548 g/mol. The summed E-state index contributed by atoms with van der Waals surface area (Å²) in [7, 11) is -3.96. The molecule has 1 saturated heterocycles. The molecule has 204 valence electrons. The molecule has 38 heavy (non-hydrogen) atoms. The lowest BCUT2D eigenvalue weighted by Crippen LogP contribution is -2.50. The van der Waals surface area contributed by atoms with Gasteiger partial charge in [-0.25, -0.2) is 23.0 Å². The van der Waals surface area contributed by atoms with Crippen molar-refractivity contribution in [3.8, 4) is 11.1 Å². The van der Waals surface area contributed by atoms with E-state index in [2.05, 4.69) is 15.2 Å². The summed E-state index contributed by atoms with van der Waals surface area (Å²) in [6.45, 7) is 5.07. The van der Waals surface area contributed by atoms with E-state index in [1.54, 1.807) is 0 Å². The van der Waals surface area contributed by atoms with Crippen LogP contribution >= 0.6 is 0 Å². The van der Waals surface area contributed by atoms with Crippen molar-refractivity contribution in [1.82, 2.24) is 25.4 Å². The average Bonchev–Trinajstić information content (AvgIpc) is 2.91. The van der Waals surface area contributed by atoms with Gasteiger partial charge in [0.05, 0.1) is 18.6 Å².